The summed E-state index contributed by atoms with van der Waals surface area (Å²) < 4.78 is 7.63. The van der Waals surface area contributed by atoms with Crippen LogP contribution in [-0.4, -0.2) is 18.7 Å². The molecule has 1 aromatic heterocycles. The molecule has 0 N–H and O–H groups in total. The van der Waals surface area contributed by atoms with Crippen molar-refractivity contribution in [3.63, 3.8) is 0 Å². The fraction of sp³-hybridized carbons (Fsp3) is 0.188. The average Bonchev–Trinajstić information content (AvgIpc) is 2.76. The minimum absolute atomic E-state index is 0.517. The van der Waals surface area contributed by atoms with Crippen molar-refractivity contribution in [1.29, 1.82) is 0 Å². The number of benzene rings is 2. The lowest BCUT2D eigenvalue weighted by Gasteiger charge is -2.12. The Hall–Kier alpha value is -2.07. The first-order chi connectivity index (χ1) is 9.65. The van der Waals surface area contributed by atoms with Crippen LogP contribution >= 0.6 is 12.2 Å². The van der Waals surface area contributed by atoms with E-state index in [4.69, 9.17) is 16.6 Å². The number of fused-ring (bicyclic) bond motifs is 1. The second-order valence-electron chi connectivity index (χ2n) is 4.98. The van der Waals surface area contributed by atoms with E-state index >= 15 is 0 Å². The molecular weight excluding hydrogens is 268 g/mol. The lowest BCUT2D eigenvalue weighted by atomic mass is 10.2. The first kappa shape index (κ1) is 12.9. The van der Waals surface area contributed by atoms with Crippen LogP contribution in [0.25, 0.3) is 11.1 Å². The number of oxazole rings is 1. The van der Waals surface area contributed by atoms with E-state index in [9.17, 15) is 0 Å². The largest absolute Gasteiger partial charge is 0.429 e. The van der Waals surface area contributed by atoms with Gasteiger partial charge in [0.2, 0.25) is 0 Å². The highest BCUT2D eigenvalue weighted by atomic mass is 32.1. The summed E-state index contributed by atoms with van der Waals surface area (Å²) in [6.07, 6.45) is 0. The smallest absolute Gasteiger partial charge is 0.269 e. The predicted molar refractivity (Wildman–Crippen MR) is 84.9 cm³/mol. The number of rotatable bonds is 3. The normalized spacial score (nSPS) is 10.9. The van der Waals surface area contributed by atoms with Gasteiger partial charge in [0.25, 0.3) is 4.84 Å². The maximum atomic E-state index is 5.60. The van der Waals surface area contributed by atoms with Crippen LogP contribution in [0.1, 0.15) is 5.56 Å². The molecule has 0 unspecified atom stereocenters. The Morgan fingerprint density at radius 2 is 1.75 bits per heavy atom. The third kappa shape index (κ3) is 2.34. The molecule has 0 spiro atoms. The number of hydrogen-bond acceptors (Lipinski definition) is 3. The van der Waals surface area contributed by atoms with Crippen LogP contribution < -0.4 is 4.90 Å². The van der Waals surface area contributed by atoms with Gasteiger partial charge < -0.3 is 9.32 Å². The fourth-order valence-corrected chi connectivity index (χ4v) is 2.50. The van der Waals surface area contributed by atoms with Crippen LogP contribution in [0.15, 0.2) is 52.9 Å². The first-order valence-corrected chi connectivity index (χ1v) is 6.90. The van der Waals surface area contributed by atoms with Gasteiger partial charge in [-0.1, -0.05) is 24.3 Å². The van der Waals surface area contributed by atoms with Gasteiger partial charge in [-0.25, -0.2) is 0 Å². The third-order valence-corrected chi connectivity index (χ3v) is 3.67. The van der Waals surface area contributed by atoms with Gasteiger partial charge in [0.1, 0.15) is 0 Å². The predicted octanol–water partition coefficient (Wildman–Crippen LogP) is 4.08. The molecule has 0 bridgehead atoms. The van der Waals surface area contributed by atoms with E-state index in [-0.39, 0.29) is 0 Å². The standard InChI is InChI=1S/C16H16N2OS/c1-17(2)13-9-7-12(8-10-13)11-18-14-5-3-4-6-15(14)19-16(18)20/h3-10H,11H2,1-2H3. The van der Waals surface area contributed by atoms with E-state index in [1.54, 1.807) is 0 Å². The Morgan fingerprint density at radius 3 is 2.45 bits per heavy atom. The van der Waals surface area contributed by atoms with E-state index in [1.807, 2.05) is 42.9 Å². The van der Waals surface area contributed by atoms with Gasteiger partial charge in [0.05, 0.1) is 12.1 Å². The van der Waals surface area contributed by atoms with Gasteiger partial charge in [-0.3, -0.25) is 4.57 Å². The SMILES string of the molecule is CN(C)c1ccc(Cn2c(=S)oc3ccccc32)cc1. The molecule has 3 nitrogen and oxygen atoms in total. The number of nitrogens with zero attached hydrogens (tertiary/aromatic N) is 2. The van der Waals surface area contributed by atoms with Crippen molar-refractivity contribution in [2.24, 2.45) is 0 Å². The van der Waals surface area contributed by atoms with E-state index in [0.29, 0.717) is 4.84 Å². The summed E-state index contributed by atoms with van der Waals surface area (Å²) in [5.41, 5.74) is 4.27. The van der Waals surface area contributed by atoms with Gasteiger partial charge >= 0.3 is 0 Å². The van der Waals surface area contributed by atoms with Crippen molar-refractivity contribution in [3.8, 4) is 0 Å². The molecule has 0 saturated heterocycles. The molecule has 0 aliphatic carbocycles. The van der Waals surface area contributed by atoms with E-state index in [0.717, 1.165) is 17.6 Å². The molecule has 0 fully saturated rings. The molecule has 20 heavy (non-hydrogen) atoms. The Morgan fingerprint density at radius 1 is 1.05 bits per heavy atom. The molecule has 4 heteroatoms. The second kappa shape index (κ2) is 5.13. The molecule has 1 heterocycles. The Balaban J connectivity index is 1.97. The molecule has 0 amide bonds. The lowest BCUT2D eigenvalue weighted by Crippen LogP contribution is -2.08. The first-order valence-electron chi connectivity index (χ1n) is 6.50. The number of para-hydroxylation sites is 2. The zero-order chi connectivity index (χ0) is 14.1. The number of aromatic nitrogens is 1. The van der Waals surface area contributed by atoms with Crippen molar-refractivity contribution in [2.75, 3.05) is 19.0 Å². The summed E-state index contributed by atoms with van der Waals surface area (Å²) in [4.78, 5) is 2.60. The van der Waals surface area contributed by atoms with Gasteiger partial charge in [0, 0.05) is 19.8 Å². The van der Waals surface area contributed by atoms with Crippen LogP contribution in [0.4, 0.5) is 5.69 Å². The number of hydrogen-bond donors (Lipinski definition) is 0. The van der Waals surface area contributed by atoms with Crippen molar-refractivity contribution < 1.29 is 4.42 Å². The van der Waals surface area contributed by atoms with Crippen LogP contribution in [-0.2, 0) is 6.54 Å². The molecule has 0 aliphatic heterocycles. The molecular formula is C16H16N2OS. The minimum atomic E-state index is 0.517. The topological polar surface area (TPSA) is 21.3 Å². The van der Waals surface area contributed by atoms with Crippen LogP contribution in [0, 0.1) is 4.84 Å². The van der Waals surface area contributed by atoms with Crippen LogP contribution in [0.3, 0.4) is 0 Å². The average molecular weight is 284 g/mol. The summed E-state index contributed by atoms with van der Waals surface area (Å²) in [5.74, 6) is 0. The highest BCUT2D eigenvalue weighted by Crippen LogP contribution is 2.19. The Kier molecular flexibility index (Phi) is 3.32. The summed E-state index contributed by atoms with van der Waals surface area (Å²) in [5, 5.41) is 0. The highest BCUT2D eigenvalue weighted by Gasteiger charge is 2.06. The molecule has 2 aromatic carbocycles. The van der Waals surface area contributed by atoms with Crippen LogP contribution in [0.2, 0.25) is 0 Å². The number of anilines is 1. The van der Waals surface area contributed by atoms with Crippen molar-refractivity contribution in [1.82, 2.24) is 4.57 Å². The van der Waals surface area contributed by atoms with Gasteiger partial charge in [-0.05, 0) is 42.0 Å². The summed E-state index contributed by atoms with van der Waals surface area (Å²) in [6, 6.07) is 16.4. The molecule has 3 aromatic rings. The van der Waals surface area contributed by atoms with Crippen molar-refractivity contribution >= 4 is 29.0 Å². The van der Waals surface area contributed by atoms with Crippen molar-refractivity contribution in [3.05, 3.63) is 58.9 Å². The summed E-state index contributed by atoms with van der Waals surface area (Å²) in [7, 11) is 4.07. The third-order valence-electron chi connectivity index (χ3n) is 3.37. The quantitative estimate of drug-likeness (QED) is 0.676. The molecule has 0 saturated carbocycles. The maximum absolute atomic E-state index is 5.60. The summed E-state index contributed by atoms with van der Waals surface area (Å²) in [6.45, 7) is 0.726. The van der Waals surface area contributed by atoms with E-state index < -0.39 is 0 Å². The Bertz CT molecular complexity index is 784. The zero-order valence-electron chi connectivity index (χ0n) is 11.5. The van der Waals surface area contributed by atoms with Gasteiger partial charge in [-0.15, -0.1) is 0 Å². The Labute approximate surface area is 123 Å². The van der Waals surface area contributed by atoms with Gasteiger partial charge in [0.15, 0.2) is 5.58 Å². The van der Waals surface area contributed by atoms with Crippen molar-refractivity contribution in [2.45, 2.75) is 6.54 Å². The maximum Gasteiger partial charge on any atom is 0.269 e. The van der Waals surface area contributed by atoms with Crippen LogP contribution in [0.5, 0.6) is 0 Å². The molecule has 0 atom stereocenters. The molecule has 3 rings (SSSR count). The molecule has 102 valence electrons. The van der Waals surface area contributed by atoms with Gasteiger partial charge in [-0.2, -0.15) is 0 Å². The minimum Gasteiger partial charge on any atom is -0.429 e. The van der Waals surface area contributed by atoms with E-state index in [1.165, 1.54) is 11.3 Å². The second-order valence-corrected chi connectivity index (χ2v) is 5.33. The highest BCUT2D eigenvalue weighted by molar-refractivity contribution is 7.71. The van der Waals surface area contributed by atoms with E-state index in [2.05, 4.69) is 29.2 Å². The summed E-state index contributed by atoms with van der Waals surface area (Å²) >= 11 is 5.31. The fourth-order valence-electron chi connectivity index (χ4n) is 2.25. The zero-order valence-corrected chi connectivity index (χ0v) is 12.4. The monoisotopic (exact) mass is 284 g/mol. The molecule has 0 radical (unpaired) electrons. The molecule has 0 aliphatic rings. The lowest BCUT2D eigenvalue weighted by molar-refractivity contribution is 0.548.